The summed E-state index contributed by atoms with van der Waals surface area (Å²) < 4.78 is 5.19. The Morgan fingerprint density at radius 2 is 1.75 bits per heavy atom. The molecule has 0 saturated heterocycles. The highest BCUT2D eigenvalue weighted by Gasteiger charge is 2.53. The maximum Gasteiger partial charge on any atom is 0.251 e. The van der Waals surface area contributed by atoms with Gasteiger partial charge in [0, 0.05) is 24.1 Å². The molecule has 0 aromatic heterocycles. The van der Waals surface area contributed by atoms with Gasteiger partial charge in [0.05, 0.1) is 13.2 Å². The second-order valence-electron chi connectivity index (χ2n) is 11.1. The van der Waals surface area contributed by atoms with E-state index in [1.54, 1.807) is 31.4 Å². The molecule has 2 amide bonds. The summed E-state index contributed by atoms with van der Waals surface area (Å²) in [5.41, 5.74) is 1.67. The smallest absolute Gasteiger partial charge is 0.251 e. The van der Waals surface area contributed by atoms with Gasteiger partial charge in [-0.3, -0.25) is 9.59 Å². The SMILES string of the molecule is COc1ccc(C(=O)NC2CCC3(C)CCC(C(C)C(=O)NCc4ccccc4)C(O)C3C2C)cc1. The fourth-order valence-corrected chi connectivity index (χ4v) is 6.63. The van der Waals surface area contributed by atoms with E-state index in [0.29, 0.717) is 17.9 Å². The van der Waals surface area contributed by atoms with E-state index in [1.807, 2.05) is 37.3 Å². The standard InChI is InChI=1S/C30H40N2O4/c1-19(28(34)31-18-21-8-6-5-7-9-21)24-14-16-30(3)17-15-25(20(2)26(30)27(24)33)32-29(35)22-10-12-23(36-4)13-11-22/h5-13,19-20,24-27,33H,14-18H2,1-4H3,(H,31,34)(H,32,35). The zero-order valence-electron chi connectivity index (χ0n) is 21.9. The topological polar surface area (TPSA) is 87.7 Å². The minimum absolute atomic E-state index is 0.0108. The quantitative estimate of drug-likeness (QED) is 0.528. The van der Waals surface area contributed by atoms with Crippen LogP contribution in [0, 0.1) is 29.1 Å². The summed E-state index contributed by atoms with van der Waals surface area (Å²) in [6.07, 6.45) is 3.08. The van der Waals surface area contributed by atoms with Crippen molar-refractivity contribution < 1.29 is 19.4 Å². The molecule has 2 saturated carbocycles. The van der Waals surface area contributed by atoms with Gasteiger partial charge in [-0.25, -0.2) is 0 Å². The zero-order chi connectivity index (χ0) is 25.9. The third-order valence-electron chi connectivity index (χ3n) is 8.92. The highest BCUT2D eigenvalue weighted by atomic mass is 16.5. The van der Waals surface area contributed by atoms with Gasteiger partial charge >= 0.3 is 0 Å². The Morgan fingerprint density at radius 3 is 2.42 bits per heavy atom. The number of carbonyl (C=O) groups excluding carboxylic acids is 2. The van der Waals surface area contributed by atoms with Crippen molar-refractivity contribution in [1.82, 2.24) is 10.6 Å². The lowest BCUT2D eigenvalue weighted by molar-refractivity contribution is -0.142. The average Bonchev–Trinajstić information content (AvgIpc) is 2.89. The summed E-state index contributed by atoms with van der Waals surface area (Å²) >= 11 is 0. The molecule has 194 valence electrons. The molecule has 2 aliphatic rings. The molecule has 0 bridgehead atoms. The van der Waals surface area contributed by atoms with Crippen molar-refractivity contribution in [3.05, 3.63) is 65.7 Å². The maximum atomic E-state index is 13.0. The van der Waals surface area contributed by atoms with Crippen LogP contribution in [0.15, 0.2) is 54.6 Å². The van der Waals surface area contributed by atoms with Crippen LogP contribution in [0.1, 0.15) is 62.4 Å². The number of benzene rings is 2. The van der Waals surface area contributed by atoms with E-state index in [9.17, 15) is 14.7 Å². The van der Waals surface area contributed by atoms with Crippen LogP contribution in [0.4, 0.5) is 0 Å². The monoisotopic (exact) mass is 492 g/mol. The van der Waals surface area contributed by atoms with Gasteiger partial charge in [-0.05, 0) is 78.7 Å². The molecular weight excluding hydrogens is 452 g/mol. The predicted molar refractivity (Wildman–Crippen MR) is 140 cm³/mol. The number of ether oxygens (including phenoxy) is 1. The van der Waals surface area contributed by atoms with Gasteiger partial charge in [-0.2, -0.15) is 0 Å². The molecule has 0 radical (unpaired) electrons. The van der Waals surface area contributed by atoms with E-state index in [1.165, 1.54) is 0 Å². The van der Waals surface area contributed by atoms with Crippen LogP contribution in [0.2, 0.25) is 0 Å². The van der Waals surface area contributed by atoms with Gasteiger partial charge in [0.1, 0.15) is 5.75 Å². The largest absolute Gasteiger partial charge is 0.497 e. The summed E-state index contributed by atoms with van der Waals surface area (Å²) in [5.74, 6) is 0.338. The Hall–Kier alpha value is -2.86. The van der Waals surface area contributed by atoms with Gasteiger partial charge in [-0.15, -0.1) is 0 Å². The second-order valence-corrected chi connectivity index (χ2v) is 11.1. The summed E-state index contributed by atoms with van der Waals surface area (Å²) in [7, 11) is 1.60. The molecule has 7 unspecified atom stereocenters. The van der Waals surface area contributed by atoms with Crippen molar-refractivity contribution in [3.8, 4) is 5.75 Å². The number of nitrogens with one attached hydrogen (secondary N) is 2. The number of hydrogen-bond acceptors (Lipinski definition) is 4. The van der Waals surface area contributed by atoms with Crippen LogP contribution in [0.3, 0.4) is 0 Å². The average molecular weight is 493 g/mol. The van der Waals surface area contributed by atoms with Gasteiger partial charge in [-0.1, -0.05) is 51.1 Å². The summed E-state index contributed by atoms with van der Waals surface area (Å²) in [5, 5.41) is 17.9. The van der Waals surface area contributed by atoms with Crippen molar-refractivity contribution >= 4 is 11.8 Å². The van der Waals surface area contributed by atoms with Crippen LogP contribution in [-0.2, 0) is 11.3 Å². The van der Waals surface area contributed by atoms with Gasteiger partial charge in [0.25, 0.3) is 5.91 Å². The third kappa shape index (κ3) is 5.44. The zero-order valence-corrected chi connectivity index (χ0v) is 21.9. The Morgan fingerprint density at radius 1 is 1.08 bits per heavy atom. The summed E-state index contributed by atoms with van der Waals surface area (Å²) in [6.45, 7) is 6.85. The number of amides is 2. The lowest BCUT2D eigenvalue weighted by Crippen LogP contribution is -2.58. The summed E-state index contributed by atoms with van der Waals surface area (Å²) in [4.78, 5) is 26.0. The Balaban J connectivity index is 1.41. The number of aliphatic hydroxyl groups is 1. The number of carbonyl (C=O) groups is 2. The predicted octanol–water partition coefficient (Wildman–Crippen LogP) is 4.57. The molecule has 0 aliphatic heterocycles. The molecule has 3 N–H and O–H groups in total. The molecule has 0 spiro atoms. The number of methoxy groups -OCH3 is 1. The Labute approximate surface area is 214 Å². The van der Waals surface area contributed by atoms with E-state index in [2.05, 4.69) is 24.5 Å². The van der Waals surface area contributed by atoms with E-state index < -0.39 is 6.10 Å². The first-order valence-corrected chi connectivity index (χ1v) is 13.2. The van der Waals surface area contributed by atoms with E-state index in [4.69, 9.17) is 4.74 Å². The minimum Gasteiger partial charge on any atom is -0.497 e. The highest BCUT2D eigenvalue weighted by Crippen LogP contribution is 2.55. The third-order valence-corrected chi connectivity index (χ3v) is 8.92. The minimum atomic E-state index is -0.586. The lowest BCUT2D eigenvalue weighted by atomic mass is 9.51. The Bertz CT molecular complexity index is 1040. The van der Waals surface area contributed by atoms with Crippen molar-refractivity contribution in [1.29, 1.82) is 0 Å². The van der Waals surface area contributed by atoms with Gasteiger partial charge in [0.15, 0.2) is 0 Å². The molecule has 6 nitrogen and oxygen atoms in total. The van der Waals surface area contributed by atoms with Crippen LogP contribution in [-0.4, -0.2) is 36.2 Å². The van der Waals surface area contributed by atoms with E-state index in [0.717, 1.165) is 31.2 Å². The molecule has 36 heavy (non-hydrogen) atoms. The molecule has 6 heteroatoms. The number of rotatable bonds is 7. The number of aliphatic hydroxyl groups excluding tert-OH is 1. The first-order chi connectivity index (χ1) is 17.2. The maximum absolute atomic E-state index is 13.0. The fourth-order valence-electron chi connectivity index (χ4n) is 6.63. The molecule has 2 fully saturated rings. The lowest BCUT2D eigenvalue weighted by Gasteiger charge is -2.56. The van der Waals surface area contributed by atoms with Crippen molar-refractivity contribution in [3.63, 3.8) is 0 Å². The van der Waals surface area contributed by atoms with Crippen LogP contribution >= 0.6 is 0 Å². The van der Waals surface area contributed by atoms with E-state index in [-0.39, 0.29) is 46.9 Å². The van der Waals surface area contributed by atoms with Crippen molar-refractivity contribution in [2.45, 2.75) is 65.1 Å². The van der Waals surface area contributed by atoms with Crippen molar-refractivity contribution in [2.75, 3.05) is 7.11 Å². The number of hydrogen-bond donors (Lipinski definition) is 3. The molecular formula is C30H40N2O4. The van der Waals surface area contributed by atoms with Crippen LogP contribution in [0.5, 0.6) is 5.75 Å². The van der Waals surface area contributed by atoms with E-state index >= 15 is 0 Å². The summed E-state index contributed by atoms with van der Waals surface area (Å²) in [6, 6.07) is 17.0. The molecule has 7 atom stereocenters. The van der Waals surface area contributed by atoms with Crippen LogP contribution < -0.4 is 15.4 Å². The normalized spacial score (nSPS) is 30.5. The first kappa shape index (κ1) is 26.2. The van der Waals surface area contributed by atoms with Gasteiger partial charge < -0.3 is 20.5 Å². The van der Waals surface area contributed by atoms with Crippen molar-refractivity contribution in [2.24, 2.45) is 29.1 Å². The molecule has 2 aromatic rings. The fraction of sp³-hybridized carbons (Fsp3) is 0.533. The second kappa shape index (κ2) is 11.0. The first-order valence-electron chi connectivity index (χ1n) is 13.2. The number of fused-ring (bicyclic) bond motifs is 1. The molecule has 2 aliphatic carbocycles. The molecule has 2 aromatic carbocycles. The highest BCUT2D eigenvalue weighted by molar-refractivity contribution is 5.94. The molecule has 0 heterocycles. The molecule has 4 rings (SSSR count). The van der Waals surface area contributed by atoms with Crippen LogP contribution in [0.25, 0.3) is 0 Å². The Kier molecular flexibility index (Phi) is 8.04. The van der Waals surface area contributed by atoms with Gasteiger partial charge in [0.2, 0.25) is 5.91 Å².